The van der Waals surface area contributed by atoms with Crippen molar-refractivity contribution < 1.29 is 13.5 Å². The Kier molecular flexibility index (Phi) is 10.4. The van der Waals surface area contributed by atoms with Crippen LogP contribution < -0.4 is 10.1 Å². The van der Waals surface area contributed by atoms with Crippen molar-refractivity contribution in [1.29, 1.82) is 0 Å². The van der Waals surface area contributed by atoms with Crippen LogP contribution in [0, 0.1) is 17.6 Å². The zero-order chi connectivity index (χ0) is 19.8. The number of benzene rings is 1. The molecule has 1 aromatic rings. The third kappa shape index (κ3) is 7.55. The second-order valence-corrected chi connectivity index (χ2v) is 7.62. The van der Waals surface area contributed by atoms with Gasteiger partial charge in [-0.05, 0) is 57.3 Å². The summed E-state index contributed by atoms with van der Waals surface area (Å²) < 4.78 is 31.7. The van der Waals surface area contributed by atoms with Gasteiger partial charge in [0.05, 0.1) is 6.54 Å². The molecule has 1 N–H and O–H groups in total. The highest BCUT2D eigenvalue weighted by atomic mass is 127. The standard InChI is InChI=1S/C21H32F2N4O.HI/c1-2-24-21(25-9-13-28-18-6-7-19(22)20(23)14-18)27-12-8-17(16-27)15-26-10-4-3-5-11-26;/h6-7,14,17H,2-5,8-13,15-16H2,1H3,(H,24,25);1H. The minimum atomic E-state index is -0.897. The van der Waals surface area contributed by atoms with Crippen LogP contribution in [-0.2, 0) is 0 Å². The van der Waals surface area contributed by atoms with Gasteiger partial charge in [-0.2, -0.15) is 0 Å². The molecule has 0 aromatic heterocycles. The van der Waals surface area contributed by atoms with Crippen LogP contribution in [0.1, 0.15) is 32.6 Å². The van der Waals surface area contributed by atoms with Crippen molar-refractivity contribution in [1.82, 2.24) is 15.1 Å². The summed E-state index contributed by atoms with van der Waals surface area (Å²) in [5, 5.41) is 3.36. The SMILES string of the molecule is CCNC(=NCCOc1ccc(F)c(F)c1)N1CCC(CN2CCCCC2)C1.I. The van der Waals surface area contributed by atoms with Crippen LogP contribution in [0.25, 0.3) is 0 Å². The van der Waals surface area contributed by atoms with Gasteiger partial charge in [-0.25, -0.2) is 13.8 Å². The maximum Gasteiger partial charge on any atom is 0.194 e. The molecule has 164 valence electrons. The molecule has 0 amide bonds. The number of ether oxygens (including phenoxy) is 1. The summed E-state index contributed by atoms with van der Waals surface area (Å²) in [5.41, 5.74) is 0. The quantitative estimate of drug-likeness (QED) is 0.257. The third-order valence-electron chi connectivity index (χ3n) is 5.40. The third-order valence-corrected chi connectivity index (χ3v) is 5.40. The summed E-state index contributed by atoms with van der Waals surface area (Å²) in [6.45, 7) is 9.40. The van der Waals surface area contributed by atoms with E-state index >= 15 is 0 Å². The number of nitrogens with zero attached hydrogens (tertiary/aromatic N) is 3. The van der Waals surface area contributed by atoms with Crippen LogP contribution in [0.4, 0.5) is 8.78 Å². The van der Waals surface area contributed by atoms with E-state index in [1.807, 2.05) is 0 Å². The van der Waals surface area contributed by atoms with E-state index in [1.54, 1.807) is 0 Å². The molecule has 0 aliphatic carbocycles. The fraction of sp³-hybridized carbons (Fsp3) is 0.667. The minimum absolute atomic E-state index is 0. The van der Waals surface area contributed by atoms with Crippen molar-refractivity contribution in [3.8, 4) is 5.75 Å². The van der Waals surface area contributed by atoms with Crippen molar-refractivity contribution in [3.05, 3.63) is 29.8 Å². The van der Waals surface area contributed by atoms with Crippen molar-refractivity contribution in [2.45, 2.75) is 32.6 Å². The average molecular weight is 522 g/mol. The first-order valence-corrected chi connectivity index (χ1v) is 10.5. The maximum absolute atomic E-state index is 13.2. The Morgan fingerprint density at radius 3 is 2.69 bits per heavy atom. The van der Waals surface area contributed by atoms with Crippen molar-refractivity contribution >= 4 is 29.9 Å². The minimum Gasteiger partial charge on any atom is -0.492 e. The molecule has 0 bridgehead atoms. The molecule has 2 heterocycles. The first-order valence-electron chi connectivity index (χ1n) is 10.5. The van der Waals surface area contributed by atoms with Gasteiger partial charge in [0.15, 0.2) is 17.6 Å². The number of aliphatic imine (C=N–C) groups is 1. The van der Waals surface area contributed by atoms with Gasteiger partial charge >= 0.3 is 0 Å². The largest absolute Gasteiger partial charge is 0.492 e. The Morgan fingerprint density at radius 1 is 1.17 bits per heavy atom. The lowest BCUT2D eigenvalue weighted by molar-refractivity contribution is 0.198. The normalized spacial score (nSPS) is 20.4. The molecule has 0 spiro atoms. The van der Waals surface area contributed by atoms with E-state index in [1.165, 1.54) is 51.4 Å². The Morgan fingerprint density at radius 2 is 1.97 bits per heavy atom. The van der Waals surface area contributed by atoms with Crippen LogP contribution in [0.15, 0.2) is 23.2 Å². The van der Waals surface area contributed by atoms with Gasteiger partial charge in [-0.15, -0.1) is 24.0 Å². The Labute approximate surface area is 189 Å². The monoisotopic (exact) mass is 522 g/mol. The Balaban J connectivity index is 0.00000300. The van der Waals surface area contributed by atoms with Gasteiger partial charge in [0.1, 0.15) is 12.4 Å². The molecule has 3 rings (SSSR count). The Bertz CT molecular complexity index is 656. The number of halogens is 3. The molecule has 29 heavy (non-hydrogen) atoms. The summed E-state index contributed by atoms with van der Waals surface area (Å²) in [4.78, 5) is 9.59. The predicted octanol–water partition coefficient (Wildman–Crippen LogP) is 3.73. The second kappa shape index (κ2) is 12.5. The van der Waals surface area contributed by atoms with Gasteiger partial charge in [-0.3, -0.25) is 0 Å². The molecular weight excluding hydrogens is 489 g/mol. The lowest BCUT2D eigenvalue weighted by atomic mass is 10.1. The number of nitrogens with one attached hydrogen (secondary N) is 1. The van der Waals surface area contributed by atoms with Crippen LogP contribution in [-0.4, -0.2) is 68.2 Å². The van der Waals surface area contributed by atoms with E-state index in [0.717, 1.165) is 37.7 Å². The fourth-order valence-corrected chi connectivity index (χ4v) is 3.99. The zero-order valence-electron chi connectivity index (χ0n) is 17.2. The van der Waals surface area contributed by atoms with Crippen molar-refractivity contribution in [3.63, 3.8) is 0 Å². The number of hydrogen-bond acceptors (Lipinski definition) is 3. The van der Waals surface area contributed by atoms with Gasteiger partial charge in [0, 0.05) is 32.2 Å². The summed E-state index contributed by atoms with van der Waals surface area (Å²) in [7, 11) is 0. The first kappa shape index (κ1) is 24.1. The van der Waals surface area contributed by atoms with Gasteiger partial charge in [0.25, 0.3) is 0 Å². The number of likely N-dealkylation sites (tertiary alicyclic amines) is 2. The van der Waals surface area contributed by atoms with Crippen molar-refractivity contribution in [2.24, 2.45) is 10.9 Å². The zero-order valence-corrected chi connectivity index (χ0v) is 19.5. The van der Waals surface area contributed by atoms with E-state index in [0.29, 0.717) is 24.8 Å². The molecule has 0 radical (unpaired) electrons. The molecule has 5 nitrogen and oxygen atoms in total. The Hall–Kier alpha value is -1.16. The number of hydrogen-bond donors (Lipinski definition) is 1. The highest BCUT2D eigenvalue weighted by Crippen LogP contribution is 2.20. The van der Waals surface area contributed by atoms with E-state index in [-0.39, 0.29) is 24.0 Å². The summed E-state index contributed by atoms with van der Waals surface area (Å²) in [6.07, 6.45) is 5.24. The van der Waals surface area contributed by atoms with E-state index in [2.05, 4.69) is 27.0 Å². The molecule has 2 aliphatic heterocycles. The molecule has 1 unspecified atom stereocenters. The molecule has 2 aliphatic rings. The highest BCUT2D eigenvalue weighted by molar-refractivity contribution is 14.0. The second-order valence-electron chi connectivity index (χ2n) is 7.62. The molecule has 2 saturated heterocycles. The number of rotatable bonds is 7. The molecule has 0 saturated carbocycles. The van der Waals surface area contributed by atoms with Gasteiger partial charge in [0.2, 0.25) is 0 Å². The smallest absolute Gasteiger partial charge is 0.194 e. The molecule has 2 fully saturated rings. The fourth-order valence-electron chi connectivity index (χ4n) is 3.99. The van der Waals surface area contributed by atoms with Crippen molar-refractivity contribution in [2.75, 3.05) is 52.4 Å². The van der Waals surface area contributed by atoms with Gasteiger partial charge in [-0.1, -0.05) is 6.42 Å². The summed E-state index contributed by atoms with van der Waals surface area (Å²) in [6, 6.07) is 3.57. The summed E-state index contributed by atoms with van der Waals surface area (Å²) in [5.74, 6) is 0.166. The lowest BCUT2D eigenvalue weighted by Gasteiger charge is -2.29. The maximum atomic E-state index is 13.2. The molecule has 1 atom stereocenters. The first-order chi connectivity index (χ1) is 13.7. The van der Waals surface area contributed by atoms with Crippen LogP contribution >= 0.6 is 24.0 Å². The van der Waals surface area contributed by atoms with Crippen LogP contribution in [0.5, 0.6) is 5.75 Å². The average Bonchev–Trinajstić information content (AvgIpc) is 3.16. The number of piperidine rings is 1. The molecular formula is C21H33F2IN4O. The van der Waals surface area contributed by atoms with Crippen LogP contribution in [0.3, 0.4) is 0 Å². The lowest BCUT2D eigenvalue weighted by Crippen LogP contribution is -2.41. The highest BCUT2D eigenvalue weighted by Gasteiger charge is 2.26. The van der Waals surface area contributed by atoms with Crippen LogP contribution in [0.2, 0.25) is 0 Å². The topological polar surface area (TPSA) is 40.1 Å². The molecule has 1 aromatic carbocycles. The predicted molar refractivity (Wildman–Crippen MR) is 123 cm³/mol. The van der Waals surface area contributed by atoms with E-state index < -0.39 is 11.6 Å². The van der Waals surface area contributed by atoms with E-state index in [4.69, 9.17) is 4.74 Å². The number of guanidine groups is 1. The van der Waals surface area contributed by atoms with Gasteiger partial charge < -0.3 is 19.9 Å². The summed E-state index contributed by atoms with van der Waals surface area (Å²) >= 11 is 0. The van der Waals surface area contributed by atoms with E-state index in [9.17, 15) is 8.78 Å². The molecule has 8 heteroatoms.